The molecule has 0 aliphatic carbocycles. The number of rotatable bonds is 9. The summed E-state index contributed by atoms with van der Waals surface area (Å²) in [6.45, 7) is 1.89. The van der Waals surface area contributed by atoms with Crippen LogP contribution in [-0.4, -0.2) is 71.7 Å². The Morgan fingerprint density at radius 2 is 1.58 bits per heavy atom. The summed E-state index contributed by atoms with van der Waals surface area (Å²) in [6, 6.07) is 3.23. The number of ether oxygens (including phenoxy) is 1. The number of epoxide rings is 1. The fourth-order valence-corrected chi connectivity index (χ4v) is 3.02. The van der Waals surface area contributed by atoms with Gasteiger partial charge in [-0.3, -0.25) is 14.4 Å². The Kier molecular flexibility index (Phi) is 8.26. The van der Waals surface area contributed by atoms with Crippen LogP contribution in [0.3, 0.4) is 0 Å². The first kappa shape index (κ1) is 24.4. The second-order valence-corrected chi connectivity index (χ2v) is 7.63. The highest BCUT2D eigenvalue weighted by Gasteiger charge is 2.31. The Morgan fingerprint density at radius 1 is 1.03 bits per heavy atom. The molecule has 1 aliphatic rings. The van der Waals surface area contributed by atoms with Crippen molar-refractivity contribution in [2.24, 2.45) is 14.1 Å². The van der Waals surface area contributed by atoms with E-state index in [1.165, 1.54) is 0 Å². The maximum absolute atomic E-state index is 12.7. The van der Waals surface area contributed by atoms with Crippen molar-refractivity contribution in [1.82, 2.24) is 19.4 Å². The van der Waals surface area contributed by atoms with Crippen LogP contribution in [0.4, 0.5) is 11.4 Å². The van der Waals surface area contributed by atoms with Crippen LogP contribution in [0.25, 0.3) is 0 Å². The van der Waals surface area contributed by atoms with Gasteiger partial charge >= 0.3 is 0 Å². The molecule has 1 fully saturated rings. The van der Waals surface area contributed by atoms with Crippen molar-refractivity contribution in [3.63, 3.8) is 0 Å². The van der Waals surface area contributed by atoms with Gasteiger partial charge in [0.2, 0.25) is 0 Å². The third-order valence-corrected chi connectivity index (χ3v) is 4.69. The molecule has 11 heteroatoms. The zero-order chi connectivity index (χ0) is 21.8. The van der Waals surface area contributed by atoms with E-state index >= 15 is 0 Å². The molecule has 0 saturated carbocycles. The van der Waals surface area contributed by atoms with Crippen LogP contribution in [-0.2, 0) is 23.6 Å². The predicted molar refractivity (Wildman–Crippen MR) is 120 cm³/mol. The quantitative estimate of drug-likeness (QED) is 0.389. The second-order valence-electron chi connectivity index (χ2n) is 7.63. The average Bonchev–Trinajstić information content (AvgIpc) is 3.37. The molecule has 10 nitrogen and oxygen atoms in total. The van der Waals surface area contributed by atoms with Gasteiger partial charge in [0.05, 0.1) is 18.0 Å². The van der Waals surface area contributed by atoms with Gasteiger partial charge < -0.3 is 34.7 Å². The topological polar surface area (TPSA) is 113 Å². The molecule has 3 N–H and O–H groups in total. The van der Waals surface area contributed by atoms with E-state index in [1.807, 2.05) is 14.1 Å². The average molecular weight is 453 g/mol. The van der Waals surface area contributed by atoms with Crippen molar-refractivity contribution in [3.05, 3.63) is 35.9 Å². The van der Waals surface area contributed by atoms with Crippen molar-refractivity contribution in [3.8, 4) is 0 Å². The zero-order valence-electron chi connectivity index (χ0n) is 18.1. The largest absolute Gasteiger partial charge is 0.363 e. The summed E-state index contributed by atoms with van der Waals surface area (Å²) in [6.07, 6.45) is 3.79. The number of nitrogens with one attached hydrogen (secondary N) is 3. The van der Waals surface area contributed by atoms with Crippen molar-refractivity contribution < 1.29 is 19.1 Å². The van der Waals surface area contributed by atoms with Crippen molar-refractivity contribution in [2.45, 2.75) is 12.5 Å². The lowest BCUT2D eigenvalue weighted by molar-refractivity contribution is -0.117. The van der Waals surface area contributed by atoms with Gasteiger partial charge in [-0.25, -0.2) is 0 Å². The first-order valence-electron chi connectivity index (χ1n) is 9.74. The first-order chi connectivity index (χ1) is 14.2. The SMILES string of the molecule is CN(C)CCCNC(=O)c1cc(NC(=O)c2cc(NC(=O)C3CO3)cn2C)cn1C.Cl. The first-order valence-corrected chi connectivity index (χ1v) is 9.74. The summed E-state index contributed by atoms with van der Waals surface area (Å²) < 4.78 is 8.24. The van der Waals surface area contributed by atoms with E-state index in [4.69, 9.17) is 4.74 Å². The number of anilines is 2. The molecule has 1 saturated heterocycles. The lowest BCUT2D eigenvalue weighted by Gasteiger charge is -2.10. The molecule has 1 aliphatic heterocycles. The molecule has 3 rings (SSSR count). The van der Waals surface area contributed by atoms with E-state index in [2.05, 4.69) is 20.9 Å². The van der Waals surface area contributed by atoms with E-state index in [0.717, 1.165) is 13.0 Å². The number of carbonyl (C=O) groups is 3. The van der Waals surface area contributed by atoms with Gasteiger partial charge in [0.15, 0.2) is 6.10 Å². The number of hydrogen-bond acceptors (Lipinski definition) is 5. The summed E-state index contributed by atoms with van der Waals surface area (Å²) in [5, 5.41) is 8.40. The summed E-state index contributed by atoms with van der Waals surface area (Å²) in [7, 11) is 7.44. The fraction of sp³-hybridized carbons (Fsp3) is 0.450. The van der Waals surface area contributed by atoms with Gasteiger partial charge in [0.1, 0.15) is 11.4 Å². The van der Waals surface area contributed by atoms with Gasteiger partial charge in [0, 0.05) is 33.0 Å². The Hall–Kier alpha value is -2.82. The van der Waals surface area contributed by atoms with Crippen LogP contribution >= 0.6 is 12.4 Å². The molecular weight excluding hydrogens is 424 g/mol. The molecule has 3 heterocycles. The van der Waals surface area contributed by atoms with E-state index in [9.17, 15) is 14.4 Å². The lowest BCUT2D eigenvalue weighted by Crippen LogP contribution is -2.28. The molecule has 0 bridgehead atoms. The highest BCUT2D eigenvalue weighted by molar-refractivity contribution is 6.05. The fourth-order valence-electron chi connectivity index (χ4n) is 3.02. The van der Waals surface area contributed by atoms with Gasteiger partial charge in [-0.2, -0.15) is 0 Å². The summed E-state index contributed by atoms with van der Waals surface area (Å²) in [5.41, 5.74) is 1.87. The van der Waals surface area contributed by atoms with Crippen LogP contribution < -0.4 is 16.0 Å². The normalized spacial score (nSPS) is 14.7. The monoisotopic (exact) mass is 452 g/mol. The van der Waals surface area contributed by atoms with Crippen LogP contribution in [0.15, 0.2) is 24.5 Å². The predicted octanol–water partition coefficient (Wildman–Crippen LogP) is 1.06. The third-order valence-electron chi connectivity index (χ3n) is 4.69. The van der Waals surface area contributed by atoms with E-state index in [1.54, 1.807) is 47.8 Å². The Labute approximate surface area is 187 Å². The minimum Gasteiger partial charge on any atom is -0.363 e. The molecule has 1 unspecified atom stereocenters. The molecule has 1 atom stereocenters. The van der Waals surface area contributed by atoms with Crippen LogP contribution in [0.5, 0.6) is 0 Å². The maximum atomic E-state index is 12.7. The number of amides is 3. The number of aryl methyl sites for hydroxylation is 2. The third kappa shape index (κ3) is 6.58. The van der Waals surface area contributed by atoms with Crippen LogP contribution in [0.1, 0.15) is 27.4 Å². The molecule has 2 aromatic heterocycles. The van der Waals surface area contributed by atoms with Crippen molar-refractivity contribution >= 4 is 41.5 Å². The number of aromatic nitrogens is 2. The van der Waals surface area contributed by atoms with Gasteiger partial charge in [0.25, 0.3) is 17.7 Å². The number of hydrogen-bond donors (Lipinski definition) is 3. The van der Waals surface area contributed by atoms with Gasteiger partial charge in [-0.1, -0.05) is 0 Å². The minimum atomic E-state index is -0.403. The molecule has 170 valence electrons. The minimum absolute atomic E-state index is 0. The summed E-state index contributed by atoms with van der Waals surface area (Å²) >= 11 is 0. The number of carbonyl (C=O) groups excluding carboxylic acids is 3. The van der Waals surface area contributed by atoms with E-state index < -0.39 is 6.10 Å². The van der Waals surface area contributed by atoms with Crippen molar-refractivity contribution in [1.29, 1.82) is 0 Å². The highest BCUT2D eigenvalue weighted by Crippen LogP contribution is 2.19. The van der Waals surface area contributed by atoms with E-state index in [0.29, 0.717) is 35.9 Å². The molecule has 2 aromatic rings. The highest BCUT2D eigenvalue weighted by atomic mass is 35.5. The summed E-state index contributed by atoms with van der Waals surface area (Å²) in [4.78, 5) is 38.9. The maximum Gasteiger partial charge on any atom is 0.272 e. The van der Waals surface area contributed by atoms with Crippen LogP contribution in [0, 0.1) is 0 Å². The smallest absolute Gasteiger partial charge is 0.272 e. The zero-order valence-corrected chi connectivity index (χ0v) is 18.9. The van der Waals surface area contributed by atoms with Crippen molar-refractivity contribution in [2.75, 3.05) is 44.4 Å². The Bertz CT molecular complexity index is 948. The Morgan fingerprint density at radius 3 is 2.13 bits per heavy atom. The van der Waals surface area contributed by atoms with Gasteiger partial charge in [-0.15, -0.1) is 12.4 Å². The number of nitrogens with zero attached hydrogens (tertiary/aromatic N) is 3. The van der Waals surface area contributed by atoms with E-state index in [-0.39, 0.29) is 30.1 Å². The standard InChI is InChI=1S/C20H28N6O4.ClH/c1-24(2)7-5-6-21-18(27)15-8-13(10-25(15)3)22-19(28)16-9-14(11-26(16)4)23-20(29)17-12-30-17;/h8-11,17H,5-7,12H2,1-4H3,(H,21,27)(H,22,28)(H,23,29);1H. The summed E-state index contributed by atoms with van der Waals surface area (Å²) in [5.74, 6) is -0.760. The Balaban J connectivity index is 0.00000341. The van der Waals surface area contributed by atoms with Gasteiger partial charge in [-0.05, 0) is 39.2 Å². The molecule has 0 aromatic carbocycles. The molecule has 3 amide bonds. The number of halogens is 1. The molecule has 0 radical (unpaired) electrons. The molecule has 31 heavy (non-hydrogen) atoms. The molecule has 0 spiro atoms. The molecular formula is C20H29ClN6O4. The second kappa shape index (κ2) is 10.5. The lowest BCUT2D eigenvalue weighted by atomic mass is 10.3. The van der Waals surface area contributed by atoms with Crippen LogP contribution in [0.2, 0.25) is 0 Å².